The first-order chi connectivity index (χ1) is 12.0. The summed E-state index contributed by atoms with van der Waals surface area (Å²) >= 11 is 0. The summed E-state index contributed by atoms with van der Waals surface area (Å²) in [6.07, 6.45) is 0.942. The molecule has 1 aliphatic rings. The number of carbonyl (C=O) groups excluding carboxylic acids is 2. The van der Waals surface area contributed by atoms with E-state index in [1.807, 2.05) is 30.9 Å². The molecule has 1 amide bonds. The SMILES string of the molecule is Cc1cc(C(=O)CN2CCNC(=O)C2)c(C)n1CCc1ccccc1. The second-order valence-electron chi connectivity index (χ2n) is 6.66. The summed E-state index contributed by atoms with van der Waals surface area (Å²) in [7, 11) is 0. The number of rotatable bonds is 6. The van der Waals surface area contributed by atoms with Crippen LogP contribution in [-0.2, 0) is 17.8 Å². The minimum absolute atomic E-state index is 0.00705. The fraction of sp³-hybridized carbons (Fsp3) is 0.400. The molecule has 1 saturated heterocycles. The first kappa shape index (κ1) is 17.4. The fourth-order valence-corrected chi connectivity index (χ4v) is 3.43. The lowest BCUT2D eigenvalue weighted by atomic mass is 10.1. The van der Waals surface area contributed by atoms with Crippen LogP contribution in [0, 0.1) is 13.8 Å². The molecule has 132 valence electrons. The summed E-state index contributed by atoms with van der Waals surface area (Å²) in [6, 6.07) is 12.4. The van der Waals surface area contributed by atoms with Crippen molar-refractivity contribution in [2.75, 3.05) is 26.2 Å². The number of nitrogens with one attached hydrogen (secondary N) is 1. The minimum atomic E-state index is -0.00705. The van der Waals surface area contributed by atoms with Crippen molar-refractivity contribution in [1.82, 2.24) is 14.8 Å². The second-order valence-corrected chi connectivity index (χ2v) is 6.66. The summed E-state index contributed by atoms with van der Waals surface area (Å²) in [5, 5.41) is 2.79. The third-order valence-electron chi connectivity index (χ3n) is 4.83. The number of piperazine rings is 1. The summed E-state index contributed by atoms with van der Waals surface area (Å²) in [5.74, 6) is 0.0844. The van der Waals surface area contributed by atoms with E-state index in [2.05, 4.69) is 34.1 Å². The van der Waals surface area contributed by atoms with Crippen LogP contribution in [0.4, 0.5) is 0 Å². The van der Waals surface area contributed by atoms with Gasteiger partial charge in [-0.25, -0.2) is 0 Å². The van der Waals surface area contributed by atoms with Crippen molar-refractivity contribution in [1.29, 1.82) is 0 Å². The van der Waals surface area contributed by atoms with Gasteiger partial charge in [-0.15, -0.1) is 0 Å². The minimum Gasteiger partial charge on any atom is -0.354 e. The smallest absolute Gasteiger partial charge is 0.234 e. The molecule has 0 bridgehead atoms. The van der Waals surface area contributed by atoms with Gasteiger partial charge in [0.2, 0.25) is 5.91 Å². The molecule has 2 heterocycles. The van der Waals surface area contributed by atoms with Gasteiger partial charge in [-0.2, -0.15) is 0 Å². The van der Waals surface area contributed by atoms with E-state index in [1.54, 1.807) is 0 Å². The highest BCUT2D eigenvalue weighted by atomic mass is 16.2. The number of aromatic nitrogens is 1. The molecule has 1 aliphatic heterocycles. The lowest BCUT2D eigenvalue weighted by molar-refractivity contribution is -0.123. The molecule has 1 aromatic heterocycles. The highest BCUT2D eigenvalue weighted by molar-refractivity contribution is 5.99. The highest BCUT2D eigenvalue weighted by Gasteiger charge is 2.22. The highest BCUT2D eigenvalue weighted by Crippen LogP contribution is 2.17. The predicted molar refractivity (Wildman–Crippen MR) is 97.8 cm³/mol. The molecule has 25 heavy (non-hydrogen) atoms. The normalized spacial score (nSPS) is 15.2. The zero-order chi connectivity index (χ0) is 17.8. The van der Waals surface area contributed by atoms with Gasteiger partial charge in [0.05, 0.1) is 13.1 Å². The molecule has 0 saturated carbocycles. The topological polar surface area (TPSA) is 54.3 Å². The Labute approximate surface area is 148 Å². The van der Waals surface area contributed by atoms with Crippen LogP contribution in [0.5, 0.6) is 0 Å². The van der Waals surface area contributed by atoms with Crippen molar-refractivity contribution in [2.24, 2.45) is 0 Å². The van der Waals surface area contributed by atoms with Gasteiger partial charge in [-0.3, -0.25) is 14.5 Å². The number of ketones is 1. The van der Waals surface area contributed by atoms with Crippen LogP contribution in [0.25, 0.3) is 0 Å². The van der Waals surface area contributed by atoms with Crippen LogP contribution in [0.15, 0.2) is 36.4 Å². The summed E-state index contributed by atoms with van der Waals surface area (Å²) in [6.45, 7) is 6.86. The molecule has 0 radical (unpaired) electrons. The molecule has 0 atom stereocenters. The zero-order valence-electron chi connectivity index (χ0n) is 14.9. The van der Waals surface area contributed by atoms with Gasteiger partial charge in [-0.1, -0.05) is 30.3 Å². The van der Waals surface area contributed by atoms with E-state index in [-0.39, 0.29) is 11.7 Å². The Morgan fingerprint density at radius 3 is 2.68 bits per heavy atom. The number of benzene rings is 1. The molecular weight excluding hydrogens is 314 g/mol. The molecule has 5 nitrogen and oxygen atoms in total. The maximum absolute atomic E-state index is 12.7. The maximum atomic E-state index is 12.7. The van der Waals surface area contributed by atoms with E-state index in [0.29, 0.717) is 19.6 Å². The largest absolute Gasteiger partial charge is 0.354 e. The van der Waals surface area contributed by atoms with Crippen molar-refractivity contribution in [3.05, 3.63) is 58.9 Å². The second kappa shape index (κ2) is 7.66. The van der Waals surface area contributed by atoms with Crippen molar-refractivity contribution in [3.8, 4) is 0 Å². The summed E-state index contributed by atoms with van der Waals surface area (Å²) in [4.78, 5) is 26.1. The molecule has 0 aliphatic carbocycles. The third kappa shape index (κ3) is 4.17. The third-order valence-corrected chi connectivity index (χ3v) is 4.83. The lowest BCUT2D eigenvalue weighted by Gasteiger charge is -2.25. The summed E-state index contributed by atoms with van der Waals surface area (Å²) < 4.78 is 2.21. The number of hydrogen-bond acceptors (Lipinski definition) is 3. The maximum Gasteiger partial charge on any atom is 0.234 e. The van der Waals surface area contributed by atoms with E-state index in [1.165, 1.54) is 5.56 Å². The number of amides is 1. The van der Waals surface area contributed by atoms with E-state index in [0.717, 1.165) is 36.5 Å². The Hall–Kier alpha value is -2.40. The monoisotopic (exact) mass is 339 g/mol. The zero-order valence-corrected chi connectivity index (χ0v) is 14.9. The molecule has 2 aromatic rings. The van der Waals surface area contributed by atoms with E-state index < -0.39 is 0 Å². The Morgan fingerprint density at radius 2 is 1.96 bits per heavy atom. The van der Waals surface area contributed by atoms with Gasteiger partial charge >= 0.3 is 0 Å². The predicted octanol–water partition coefficient (Wildman–Crippen LogP) is 1.96. The van der Waals surface area contributed by atoms with E-state index in [9.17, 15) is 9.59 Å². The Morgan fingerprint density at radius 1 is 1.20 bits per heavy atom. The van der Waals surface area contributed by atoms with E-state index in [4.69, 9.17) is 0 Å². The van der Waals surface area contributed by atoms with Crippen LogP contribution in [0.1, 0.15) is 27.3 Å². The number of aryl methyl sites for hydroxylation is 2. The Balaban J connectivity index is 1.68. The van der Waals surface area contributed by atoms with Crippen molar-refractivity contribution in [2.45, 2.75) is 26.8 Å². The number of nitrogens with zero attached hydrogens (tertiary/aromatic N) is 2. The van der Waals surface area contributed by atoms with Crippen LogP contribution in [0.3, 0.4) is 0 Å². The van der Waals surface area contributed by atoms with Crippen LogP contribution in [-0.4, -0.2) is 47.3 Å². The molecule has 3 rings (SSSR count). The molecule has 0 unspecified atom stereocenters. The van der Waals surface area contributed by atoms with Crippen LogP contribution >= 0.6 is 0 Å². The fourth-order valence-electron chi connectivity index (χ4n) is 3.43. The standard InChI is InChI=1S/C20H25N3O2/c1-15-12-18(19(24)13-22-11-9-21-20(25)14-22)16(2)23(15)10-8-17-6-4-3-5-7-17/h3-7,12H,8-11,13-14H2,1-2H3,(H,21,25). The number of Topliss-reactive ketones (excluding diaryl/α,β-unsaturated/α-hetero) is 1. The van der Waals surface area contributed by atoms with Gasteiger partial charge in [0.15, 0.2) is 5.78 Å². The van der Waals surface area contributed by atoms with Crippen molar-refractivity contribution in [3.63, 3.8) is 0 Å². The van der Waals surface area contributed by atoms with Gasteiger partial charge in [0, 0.05) is 36.6 Å². The number of hydrogen-bond donors (Lipinski definition) is 1. The van der Waals surface area contributed by atoms with Crippen LogP contribution < -0.4 is 5.32 Å². The van der Waals surface area contributed by atoms with Gasteiger partial charge in [-0.05, 0) is 31.9 Å². The lowest BCUT2D eigenvalue weighted by Crippen LogP contribution is -2.49. The van der Waals surface area contributed by atoms with Gasteiger partial charge < -0.3 is 9.88 Å². The Kier molecular flexibility index (Phi) is 5.34. The molecule has 0 spiro atoms. The van der Waals surface area contributed by atoms with Gasteiger partial charge in [0.1, 0.15) is 0 Å². The first-order valence-corrected chi connectivity index (χ1v) is 8.77. The average Bonchev–Trinajstić information content (AvgIpc) is 2.88. The van der Waals surface area contributed by atoms with Crippen LogP contribution in [0.2, 0.25) is 0 Å². The molecule has 1 aromatic carbocycles. The molecular formula is C20H25N3O2. The summed E-state index contributed by atoms with van der Waals surface area (Å²) in [5.41, 5.74) is 4.19. The molecule has 1 fully saturated rings. The number of carbonyl (C=O) groups is 2. The molecule has 1 N–H and O–H groups in total. The quantitative estimate of drug-likeness (QED) is 0.819. The van der Waals surface area contributed by atoms with Crippen molar-refractivity contribution >= 4 is 11.7 Å². The van der Waals surface area contributed by atoms with Gasteiger partial charge in [0.25, 0.3) is 0 Å². The first-order valence-electron chi connectivity index (χ1n) is 8.77. The molecule has 5 heteroatoms. The Bertz CT molecular complexity index is 765. The van der Waals surface area contributed by atoms with Crippen molar-refractivity contribution < 1.29 is 9.59 Å². The van der Waals surface area contributed by atoms with E-state index >= 15 is 0 Å². The average molecular weight is 339 g/mol.